The minimum atomic E-state index is -3.41. The van der Waals surface area contributed by atoms with E-state index in [-0.39, 0.29) is 23.9 Å². The number of rotatable bonds is 7. The molecule has 0 spiro atoms. The minimum absolute atomic E-state index is 0.237. The first-order valence-corrected chi connectivity index (χ1v) is 10.2. The lowest BCUT2D eigenvalue weighted by molar-refractivity contribution is -0.384. The second-order valence-corrected chi connectivity index (χ2v) is 7.72. The first kappa shape index (κ1) is 22.5. The number of non-ortho nitro benzene ring substituents is 1. The number of nitro benzene ring substituents is 1. The highest BCUT2D eigenvalue weighted by Gasteiger charge is 2.62. The van der Waals surface area contributed by atoms with Crippen LogP contribution in [0.25, 0.3) is 0 Å². The summed E-state index contributed by atoms with van der Waals surface area (Å²) in [6.07, 6.45) is 3.20. The highest BCUT2D eigenvalue weighted by Crippen LogP contribution is 2.39. The van der Waals surface area contributed by atoms with Gasteiger partial charge in [-0.2, -0.15) is 0 Å². The Balaban J connectivity index is 1.97. The molecular formula is C21H23FN2O7. The molecule has 2 aliphatic rings. The van der Waals surface area contributed by atoms with Gasteiger partial charge < -0.3 is 4.74 Å². The molecule has 166 valence electrons. The third-order valence-electron chi connectivity index (χ3n) is 5.85. The molecule has 10 heteroatoms. The smallest absolute Gasteiger partial charge is 0.353 e. The van der Waals surface area contributed by atoms with E-state index in [1.54, 1.807) is 0 Å². The van der Waals surface area contributed by atoms with Gasteiger partial charge in [0.25, 0.3) is 11.4 Å². The highest BCUT2D eigenvalue weighted by molar-refractivity contribution is 6.20. The highest BCUT2D eigenvalue weighted by atomic mass is 19.1. The van der Waals surface area contributed by atoms with Gasteiger partial charge in [0.2, 0.25) is 17.6 Å². The third-order valence-corrected chi connectivity index (χ3v) is 5.85. The molecule has 0 radical (unpaired) electrons. The maximum absolute atomic E-state index is 16.2. The molecule has 0 aromatic heterocycles. The molecule has 0 bridgehead atoms. The molecule has 1 saturated heterocycles. The van der Waals surface area contributed by atoms with Gasteiger partial charge in [0.1, 0.15) is 5.92 Å². The largest absolute Gasteiger partial charge is 0.463 e. The van der Waals surface area contributed by atoms with Crippen molar-refractivity contribution >= 4 is 29.3 Å². The molecule has 1 heterocycles. The number of carbonyl (C=O) groups is 4. The number of hydrogen-bond acceptors (Lipinski definition) is 7. The van der Waals surface area contributed by atoms with E-state index in [0.29, 0.717) is 12.8 Å². The van der Waals surface area contributed by atoms with Crippen LogP contribution < -0.4 is 0 Å². The summed E-state index contributed by atoms with van der Waals surface area (Å²) in [7, 11) is 0. The Morgan fingerprint density at radius 1 is 1.19 bits per heavy atom. The zero-order valence-corrected chi connectivity index (χ0v) is 17.0. The zero-order valence-electron chi connectivity index (χ0n) is 17.0. The van der Waals surface area contributed by atoms with Crippen molar-refractivity contribution < 1.29 is 33.2 Å². The molecule has 2 atom stereocenters. The lowest BCUT2D eigenvalue weighted by Crippen LogP contribution is -2.53. The molecule has 1 aliphatic carbocycles. The number of hydrogen-bond donors (Lipinski definition) is 0. The van der Waals surface area contributed by atoms with Crippen LogP contribution in [0.5, 0.6) is 0 Å². The predicted molar refractivity (Wildman–Crippen MR) is 105 cm³/mol. The molecule has 0 unspecified atom stereocenters. The van der Waals surface area contributed by atoms with Crippen LogP contribution in [0.2, 0.25) is 0 Å². The summed E-state index contributed by atoms with van der Waals surface area (Å²) < 4.78 is 21.0. The molecule has 2 amide bonds. The van der Waals surface area contributed by atoms with Gasteiger partial charge in [-0.1, -0.05) is 19.3 Å². The van der Waals surface area contributed by atoms with Crippen LogP contribution in [-0.4, -0.2) is 51.7 Å². The van der Waals surface area contributed by atoms with Gasteiger partial charge in [-0.15, -0.1) is 0 Å². The molecule has 2 fully saturated rings. The number of imide groups is 1. The van der Waals surface area contributed by atoms with Crippen LogP contribution in [0.4, 0.5) is 10.1 Å². The molecule has 1 aromatic rings. The van der Waals surface area contributed by atoms with E-state index in [4.69, 9.17) is 4.74 Å². The number of benzene rings is 1. The summed E-state index contributed by atoms with van der Waals surface area (Å²) >= 11 is 0. The number of Topliss-reactive ketones (excluding diaryl/α,β-unsaturated/α-hetero) is 1. The number of halogens is 1. The van der Waals surface area contributed by atoms with Crippen LogP contribution in [0.1, 0.15) is 55.8 Å². The van der Waals surface area contributed by atoms with Crippen LogP contribution in [-0.2, 0) is 19.1 Å². The summed E-state index contributed by atoms with van der Waals surface area (Å²) in [6, 6.07) is 3.63. The van der Waals surface area contributed by atoms with Crippen molar-refractivity contribution in [1.29, 1.82) is 0 Å². The average molecular weight is 434 g/mol. The summed E-state index contributed by atoms with van der Waals surface area (Å²) in [5.74, 6) is -6.27. The van der Waals surface area contributed by atoms with Crippen molar-refractivity contribution in [3.63, 3.8) is 0 Å². The van der Waals surface area contributed by atoms with Gasteiger partial charge in [0, 0.05) is 30.2 Å². The Morgan fingerprint density at radius 2 is 1.81 bits per heavy atom. The third kappa shape index (κ3) is 4.06. The van der Waals surface area contributed by atoms with E-state index in [2.05, 4.69) is 0 Å². The summed E-state index contributed by atoms with van der Waals surface area (Å²) in [4.78, 5) is 62.4. The van der Waals surface area contributed by atoms with Gasteiger partial charge in [-0.25, -0.2) is 9.18 Å². The fourth-order valence-electron chi connectivity index (χ4n) is 4.26. The number of nitrogens with zero attached hydrogens (tertiary/aromatic N) is 2. The molecule has 9 nitrogen and oxygen atoms in total. The van der Waals surface area contributed by atoms with E-state index in [1.807, 2.05) is 0 Å². The maximum atomic E-state index is 16.2. The quantitative estimate of drug-likeness (QED) is 0.161. The summed E-state index contributed by atoms with van der Waals surface area (Å²) in [5, 5.41) is 10.8. The van der Waals surface area contributed by atoms with Crippen LogP contribution >= 0.6 is 0 Å². The summed E-state index contributed by atoms with van der Waals surface area (Å²) in [5.41, 5.74) is -4.08. The SMILES string of the molecule is CCOC(=O)[C@@](F)(C(=O)c1ccc([N+](=O)[O-])cc1)[C@H]1CC(=O)N(C2CCCCC2)C1=O. The predicted octanol–water partition coefficient (Wildman–Crippen LogP) is 2.76. The number of likely N-dealkylation sites (tertiary alicyclic amines) is 1. The Kier molecular flexibility index (Phi) is 6.47. The van der Waals surface area contributed by atoms with Crippen LogP contribution in [0.15, 0.2) is 24.3 Å². The van der Waals surface area contributed by atoms with Gasteiger partial charge in [-0.05, 0) is 31.9 Å². The Bertz CT molecular complexity index is 911. The fourth-order valence-corrected chi connectivity index (χ4v) is 4.26. The molecule has 31 heavy (non-hydrogen) atoms. The molecule has 1 aliphatic heterocycles. The van der Waals surface area contributed by atoms with E-state index >= 15 is 4.39 Å². The minimum Gasteiger partial charge on any atom is -0.463 e. The molecule has 0 N–H and O–H groups in total. The first-order valence-electron chi connectivity index (χ1n) is 10.2. The van der Waals surface area contributed by atoms with Crippen molar-refractivity contribution in [2.24, 2.45) is 5.92 Å². The van der Waals surface area contributed by atoms with Crippen molar-refractivity contribution in [2.45, 2.75) is 57.2 Å². The molecule has 1 saturated carbocycles. The van der Waals surface area contributed by atoms with Gasteiger partial charge in [0.05, 0.1) is 11.5 Å². The van der Waals surface area contributed by atoms with E-state index < -0.39 is 46.5 Å². The van der Waals surface area contributed by atoms with Crippen molar-refractivity contribution in [3.05, 3.63) is 39.9 Å². The second-order valence-electron chi connectivity index (χ2n) is 7.72. The Morgan fingerprint density at radius 3 is 2.35 bits per heavy atom. The molecule has 3 rings (SSSR count). The normalized spacial score (nSPS) is 21.6. The van der Waals surface area contributed by atoms with E-state index in [1.165, 1.54) is 6.92 Å². The van der Waals surface area contributed by atoms with Gasteiger partial charge in [-0.3, -0.25) is 29.4 Å². The zero-order chi connectivity index (χ0) is 22.8. The van der Waals surface area contributed by atoms with E-state index in [0.717, 1.165) is 48.4 Å². The number of carbonyl (C=O) groups excluding carboxylic acids is 4. The average Bonchev–Trinajstić information content (AvgIpc) is 3.07. The Labute approximate surface area is 177 Å². The second kappa shape index (κ2) is 8.91. The molecule has 1 aromatic carbocycles. The van der Waals surface area contributed by atoms with E-state index in [9.17, 15) is 29.3 Å². The maximum Gasteiger partial charge on any atom is 0.353 e. The van der Waals surface area contributed by atoms with Crippen LogP contribution in [0.3, 0.4) is 0 Å². The standard InChI is InChI=1S/C21H23FN2O7/c1-2-31-20(28)21(22,18(26)13-8-10-15(11-9-13)24(29)30)16-12-17(25)23(19(16)27)14-6-4-3-5-7-14/h8-11,14,16H,2-7,12H2,1H3/t16-,21-/m0/s1. The lowest BCUT2D eigenvalue weighted by atomic mass is 9.81. The van der Waals surface area contributed by atoms with Crippen LogP contribution in [0, 0.1) is 16.0 Å². The fraction of sp³-hybridized carbons (Fsp3) is 0.524. The number of esters is 1. The van der Waals surface area contributed by atoms with Gasteiger partial charge >= 0.3 is 5.97 Å². The van der Waals surface area contributed by atoms with Crippen molar-refractivity contribution in [3.8, 4) is 0 Å². The number of nitro groups is 1. The molecular weight excluding hydrogens is 411 g/mol. The Hall–Kier alpha value is -3.17. The van der Waals surface area contributed by atoms with Gasteiger partial charge in [0.15, 0.2) is 0 Å². The number of ether oxygens (including phenoxy) is 1. The number of ketones is 1. The summed E-state index contributed by atoms with van der Waals surface area (Å²) in [6.45, 7) is 1.18. The monoisotopic (exact) mass is 434 g/mol. The first-order chi connectivity index (χ1) is 14.7. The number of alkyl halides is 1. The van der Waals surface area contributed by atoms with Crippen molar-refractivity contribution in [1.82, 2.24) is 4.90 Å². The lowest BCUT2D eigenvalue weighted by Gasteiger charge is -2.31. The van der Waals surface area contributed by atoms with Crippen molar-refractivity contribution in [2.75, 3.05) is 6.61 Å². The topological polar surface area (TPSA) is 124 Å². The number of amides is 2.